The SMILES string of the molecule is Cc1ccc(C2CC(C(F)(F)F)n3nc(CO)cc3N2)cc1. The first kappa shape index (κ1) is 14.9. The largest absolute Gasteiger partial charge is 0.410 e. The summed E-state index contributed by atoms with van der Waals surface area (Å²) in [5, 5.41) is 16.0. The summed E-state index contributed by atoms with van der Waals surface area (Å²) in [6, 6.07) is 6.74. The molecule has 2 aromatic rings. The number of nitrogens with zero attached hydrogens (tertiary/aromatic N) is 2. The lowest BCUT2D eigenvalue weighted by atomic mass is 9.96. The van der Waals surface area contributed by atoms with E-state index in [-0.39, 0.29) is 24.5 Å². The zero-order valence-corrected chi connectivity index (χ0v) is 11.9. The normalized spacial score (nSPS) is 21.3. The van der Waals surface area contributed by atoms with E-state index < -0.39 is 18.3 Å². The number of aliphatic hydroxyl groups is 1. The first-order valence-corrected chi connectivity index (χ1v) is 6.97. The zero-order chi connectivity index (χ0) is 15.9. The van der Waals surface area contributed by atoms with Gasteiger partial charge >= 0.3 is 6.18 Å². The number of rotatable bonds is 2. The highest BCUT2D eigenvalue weighted by molar-refractivity contribution is 5.44. The van der Waals surface area contributed by atoms with Crippen molar-refractivity contribution in [3.8, 4) is 0 Å². The van der Waals surface area contributed by atoms with Crippen LogP contribution in [0.25, 0.3) is 0 Å². The van der Waals surface area contributed by atoms with Gasteiger partial charge in [-0.05, 0) is 12.5 Å². The van der Waals surface area contributed by atoms with Crippen molar-refractivity contribution in [2.45, 2.75) is 38.2 Å². The van der Waals surface area contributed by atoms with Crippen molar-refractivity contribution < 1.29 is 18.3 Å². The number of hydrogen-bond acceptors (Lipinski definition) is 3. The van der Waals surface area contributed by atoms with Crippen LogP contribution in [-0.2, 0) is 6.61 Å². The van der Waals surface area contributed by atoms with Gasteiger partial charge in [-0.1, -0.05) is 29.8 Å². The predicted octanol–water partition coefficient (Wildman–Crippen LogP) is 3.34. The van der Waals surface area contributed by atoms with E-state index in [4.69, 9.17) is 5.11 Å². The summed E-state index contributed by atoms with van der Waals surface area (Å²) in [7, 11) is 0. The van der Waals surface area contributed by atoms with Crippen molar-refractivity contribution in [1.29, 1.82) is 0 Å². The average molecular weight is 311 g/mol. The maximum Gasteiger partial charge on any atom is 0.410 e. The fraction of sp³-hybridized carbons (Fsp3) is 0.400. The maximum absolute atomic E-state index is 13.3. The third-order valence-electron chi connectivity index (χ3n) is 3.88. The molecule has 7 heteroatoms. The average Bonchev–Trinajstić information content (AvgIpc) is 2.88. The van der Waals surface area contributed by atoms with Gasteiger partial charge in [0.25, 0.3) is 0 Å². The Labute approximate surface area is 125 Å². The van der Waals surface area contributed by atoms with Gasteiger partial charge in [-0.3, -0.25) is 0 Å². The zero-order valence-electron chi connectivity index (χ0n) is 11.9. The van der Waals surface area contributed by atoms with E-state index in [1.165, 1.54) is 6.07 Å². The molecule has 118 valence electrons. The maximum atomic E-state index is 13.3. The molecular formula is C15H16F3N3O. The van der Waals surface area contributed by atoms with Crippen LogP contribution in [0, 0.1) is 6.92 Å². The quantitative estimate of drug-likeness (QED) is 0.894. The molecule has 0 bridgehead atoms. The van der Waals surface area contributed by atoms with Crippen molar-refractivity contribution in [1.82, 2.24) is 9.78 Å². The molecule has 0 aliphatic carbocycles. The highest BCUT2D eigenvalue weighted by Crippen LogP contribution is 2.43. The molecule has 2 unspecified atom stereocenters. The van der Waals surface area contributed by atoms with Gasteiger partial charge < -0.3 is 10.4 Å². The standard InChI is InChI=1S/C15H16F3N3O/c1-9-2-4-10(5-3-9)12-7-13(15(16,17)18)21-14(19-12)6-11(8-22)20-21/h2-6,12-13,19,22H,7-8H2,1H3. The minimum absolute atomic E-state index is 0.133. The number of aliphatic hydroxyl groups excluding tert-OH is 1. The van der Waals surface area contributed by atoms with Crippen LogP contribution in [-0.4, -0.2) is 21.1 Å². The smallest absolute Gasteiger partial charge is 0.390 e. The topological polar surface area (TPSA) is 50.1 Å². The van der Waals surface area contributed by atoms with E-state index in [9.17, 15) is 13.2 Å². The summed E-state index contributed by atoms with van der Waals surface area (Å²) in [5.74, 6) is 0.281. The molecule has 0 saturated carbocycles. The fourth-order valence-corrected chi connectivity index (χ4v) is 2.72. The van der Waals surface area contributed by atoms with Crippen LogP contribution in [0.1, 0.15) is 35.3 Å². The first-order chi connectivity index (χ1) is 10.4. The number of hydrogen-bond donors (Lipinski definition) is 2. The molecule has 0 amide bonds. The molecule has 4 nitrogen and oxygen atoms in total. The van der Waals surface area contributed by atoms with Crippen LogP contribution in [0.15, 0.2) is 30.3 Å². The van der Waals surface area contributed by atoms with Crippen LogP contribution in [0.3, 0.4) is 0 Å². The Morgan fingerprint density at radius 2 is 2.00 bits per heavy atom. The van der Waals surface area contributed by atoms with Crippen molar-refractivity contribution in [3.05, 3.63) is 47.2 Å². The number of alkyl halides is 3. The number of nitrogens with one attached hydrogen (secondary N) is 1. The summed E-state index contributed by atoms with van der Waals surface area (Å²) < 4.78 is 40.9. The third kappa shape index (κ3) is 2.68. The minimum atomic E-state index is -4.39. The Morgan fingerprint density at radius 1 is 1.32 bits per heavy atom. The Balaban J connectivity index is 1.98. The van der Waals surface area contributed by atoms with Crippen molar-refractivity contribution in [2.24, 2.45) is 0 Å². The van der Waals surface area contributed by atoms with Gasteiger partial charge in [-0.2, -0.15) is 18.3 Å². The Kier molecular flexibility index (Phi) is 3.60. The molecule has 1 aliphatic rings. The summed E-state index contributed by atoms with van der Waals surface area (Å²) in [5.41, 5.74) is 2.08. The summed E-state index contributed by atoms with van der Waals surface area (Å²) in [6.45, 7) is 1.54. The van der Waals surface area contributed by atoms with Crippen LogP contribution >= 0.6 is 0 Å². The van der Waals surface area contributed by atoms with E-state index in [2.05, 4.69) is 10.4 Å². The van der Waals surface area contributed by atoms with Crippen molar-refractivity contribution in [2.75, 3.05) is 5.32 Å². The van der Waals surface area contributed by atoms with Gasteiger partial charge in [-0.15, -0.1) is 0 Å². The van der Waals surface area contributed by atoms with Crippen LogP contribution in [0.5, 0.6) is 0 Å². The Bertz CT molecular complexity index is 664. The Morgan fingerprint density at radius 3 is 2.59 bits per heavy atom. The molecule has 3 rings (SSSR count). The second-order valence-electron chi connectivity index (χ2n) is 5.52. The molecule has 0 spiro atoms. The molecule has 22 heavy (non-hydrogen) atoms. The molecule has 0 saturated heterocycles. The summed E-state index contributed by atoms with van der Waals surface area (Å²) in [6.07, 6.45) is -4.52. The number of aromatic nitrogens is 2. The minimum Gasteiger partial charge on any atom is -0.390 e. The monoisotopic (exact) mass is 311 g/mol. The first-order valence-electron chi connectivity index (χ1n) is 6.97. The Hall–Kier alpha value is -2.02. The number of anilines is 1. The second-order valence-corrected chi connectivity index (χ2v) is 5.52. The molecule has 0 fully saturated rings. The van der Waals surface area contributed by atoms with Gasteiger partial charge in [0.2, 0.25) is 0 Å². The van der Waals surface area contributed by atoms with Gasteiger partial charge in [-0.25, -0.2) is 4.68 Å². The number of fused-ring (bicyclic) bond motifs is 1. The third-order valence-corrected chi connectivity index (χ3v) is 3.88. The van der Waals surface area contributed by atoms with Gasteiger partial charge in [0.15, 0.2) is 6.04 Å². The van der Waals surface area contributed by atoms with Gasteiger partial charge in [0, 0.05) is 12.5 Å². The van der Waals surface area contributed by atoms with E-state index in [1.54, 1.807) is 0 Å². The van der Waals surface area contributed by atoms with Gasteiger partial charge in [0.1, 0.15) is 5.82 Å². The van der Waals surface area contributed by atoms with E-state index >= 15 is 0 Å². The molecule has 2 N–H and O–H groups in total. The second kappa shape index (κ2) is 5.31. The molecule has 1 aromatic carbocycles. The number of halogens is 3. The van der Waals surface area contributed by atoms with Gasteiger partial charge in [0.05, 0.1) is 18.3 Å². The molecule has 2 heterocycles. The molecule has 1 aliphatic heterocycles. The molecule has 1 aromatic heterocycles. The van der Waals surface area contributed by atoms with Crippen molar-refractivity contribution >= 4 is 5.82 Å². The highest BCUT2D eigenvalue weighted by Gasteiger charge is 2.46. The van der Waals surface area contributed by atoms with Crippen LogP contribution in [0.4, 0.5) is 19.0 Å². The highest BCUT2D eigenvalue weighted by atomic mass is 19.4. The van der Waals surface area contributed by atoms with E-state index in [1.807, 2.05) is 31.2 Å². The van der Waals surface area contributed by atoms with Crippen molar-refractivity contribution in [3.63, 3.8) is 0 Å². The fourth-order valence-electron chi connectivity index (χ4n) is 2.72. The molecular weight excluding hydrogens is 295 g/mol. The van der Waals surface area contributed by atoms with E-state index in [0.717, 1.165) is 15.8 Å². The number of aryl methyl sites for hydroxylation is 1. The number of benzene rings is 1. The van der Waals surface area contributed by atoms with E-state index in [0.29, 0.717) is 0 Å². The molecule has 0 radical (unpaired) electrons. The lowest BCUT2D eigenvalue weighted by Gasteiger charge is -2.33. The lowest BCUT2D eigenvalue weighted by Crippen LogP contribution is -2.35. The predicted molar refractivity (Wildman–Crippen MR) is 75.4 cm³/mol. The summed E-state index contributed by atoms with van der Waals surface area (Å²) >= 11 is 0. The lowest BCUT2D eigenvalue weighted by molar-refractivity contribution is -0.173. The van der Waals surface area contributed by atoms with Crippen LogP contribution in [0.2, 0.25) is 0 Å². The molecule has 2 atom stereocenters. The van der Waals surface area contributed by atoms with Crippen LogP contribution < -0.4 is 5.32 Å². The summed E-state index contributed by atoms with van der Waals surface area (Å²) in [4.78, 5) is 0.